The summed E-state index contributed by atoms with van der Waals surface area (Å²) in [6.07, 6.45) is 7.45. The van der Waals surface area contributed by atoms with E-state index in [1.54, 1.807) is 12.4 Å². The quantitative estimate of drug-likeness (QED) is 0.171. The lowest BCUT2D eigenvalue weighted by Crippen LogP contribution is -2.42. The molecule has 18 heteroatoms. The maximum absolute atomic E-state index is 15.2. The normalized spacial score (nSPS) is 13.9. The van der Waals surface area contributed by atoms with E-state index in [-0.39, 0.29) is 28.3 Å². The summed E-state index contributed by atoms with van der Waals surface area (Å²) >= 11 is 0. The molecule has 57 heavy (non-hydrogen) atoms. The number of rotatable bonds is 11. The Hall–Kier alpha value is -6.66. The van der Waals surface area contributed by atoms with Crippen molar-refractivity contribution in [1.29, 1.82) is 0 Å². The fourth-order valence-electron chi connectivity index (χ4n) is 6.46. The summed E-state index contributed by atoms with van der Waals surface area (Å²) in [5, 5.41) is 12.3. The minimum absolute atomic E-state index is 0.200. The second kappa shape index (κ2) is 15.8. The third kappa shape index (κ3) is 8.03. The summed E-state index contributed by atoms with van der Waals surface area (Å²) in [6.45, 7) is 1.29. The Morgan fingerprint density at radius 1 is 0.930 bits per heavy atom. The largest absolute Gasteiger partial charge is 0.480 e. The Morgan fingerprint density at radius 3 is 2.28 bits per heavy atom. The van der Waals surface area contributed by atoms with Crippen molar-refractivity contribution in [3.63, 3.8) is 0 Å². The van der Waals surface area contributed by atoms with Gasteiger partial charge < -0.3 is 15.2 Å². The maximum Gasteiger partial charge on any atom is 0.335 e. The zero-order valence-corrected chi connectivity index (χ0v) is 30.9. The van der Waals surface area contributed by atoms with Gasteiger partial charge in [0.2, 0.25) is 0 Å². The van der Waals surface area contributed by atoms with Crippen LogP contribution in [0.1, 0.15) is 40.5 Å². The van der Waals surface area contributed by atoms with Gasteiger partial charge in [-0.1, -0.05) is 24.3 Å². The lowest BCUT2D eigenvalue weighted by Gasteiger charge is -2.20. The third-order valence-corrected chi connectivity index (χ3v) is 11.0. The molecule has 0 aliphatic carbocycles. The van der Waals surface area contributed by atoms with Gasteiger partial charge in [0.15, 0.2) is 0 Å². The van der Waals surface area contributed by atoms with Gasteiger partial charge in [0.1, 0.15) is 23.5 Å². The predicted octanol–water partition coefficient (Wildman–Crippen LogP) is 3.94. The summed E-state index contributed by atoms with van der Waals surface area (Å²) in [5.74, 6) is -4.47. The molecule has 3 N–H and O–H groups in total. The number of aryl methyl sites for hydroxylation is 1. The van der Waals surface area contributed by atoms with E-state index in [9.17, 15) is 32.7 Å². The topological polar surface area (TPSA) is 204 Å². The number of pyridine rings is 1. The van der Waals surface area contributed by atoms with Crippen LogP contribution < -0.4 is 21.3 Å². The van der Waals surface area contributed by atoms with Gasteiger partial charge in [0.05, 0.1) is 38.9 Å². The van der Waals surface area contributed by atoms with Gasteiger partial charge in [-0.25, -0.2) is 41.3 Å². The van der Waals surface area contributed by atoms with Gasteiger partial charge in [-0.2, -0.15) is 0 Å². The Bertz CT molecular complexity index is 2740. The molecular weight excluding hydrogens is 765 g/mol. The first-order valence-corrected chi connectivity index (χ1v) is 19.0. The van der Waals surface area contributed by atoms with E-state index in [2.05, 4.69) is 20.3 Å². The summed E-state index contributed by atoms with van der Waals surface area (Å²) < 4.78 is 66.3. The number of hydrogen-bond acceptors (Lipinski definition) is 10. The maximum atomic E-state index is 15.2. The van der Waals surface area contributed by atoms with E-state index in [1.807, 2.05) is 4.72 Å². The molecule has 0 radical (unpaired) electrons. The Labute approximate surface area is 322 Å². The SMILES string of the molecule is Cn1c(=O)n(-c2ccc(C[C@H](NC(=O)c3cc(F)c(NS(=O)(=O)c4ccc(-c5cnc(C6CCOCC6)nc5)cc4)cc3F)C(=O)O)cc2)c(=O)c2ccncc21. The number of halogens is 2. The minimum atomic E-state index is -4.43. The van der Waals surface area contributed by atoms with Crippen molar-refractivity contribution in [2.75, 3.05) is 17.9 Å². The molecule has 0 bridgehead atoms. The molecule has 0 saturated carbocycles. The fourth-order valence-corrected chi connectivity index (χ4v) is 7.52. The molecule has 6 aromatic rings. The number of benzene rings is 3. The standard InChI is InChI=1S/C39H33F2N7O8S/c1-47-34-21-42-13-10-28(34)37(50)48(39(47)53)26-6-2-22(3-7-26)16-33(38(51)52)45-36(49)29-17-31(41)32(18-30(29)40)46-57(54,55)27-8-4-23(5-9-27)25-19-43-35(44-20-25)24-11-14-56-15-12-24/h2-10,13,17-21,24,33,46H,11-12,14-16H2,1H3,(H,45,49)(H,51,52)/t33-/m0/s1. The molecule has 4 heterocycles. The van der Waals surface area contributed by atoms with Gasteiger partial charge in [-0.15, -0.1) is 0 Å². The number of aliphatic carboxylic acids is 1. The molecule has 0 spiro atoms. The number of hydrogen-bond donors (Lipinski definition) is 3. The first-order chi connectivity index (χ1) is 27.3. The molecular formula is C39H33F2N7O8S. The van der Waals surface area contributed by atoms with Crippen LogP contribution in [-0.4, -0.2) is 68.7 Å². The highest BCUT2D eigenvalue weighted by Crippen LogP contribution is 2.27. The van der Waals surface area contributed by atoms with E-state index < -0.39 is 62.1 Å². The smallest absolute Gasteiger partial charge is 0.335 e. The monoisotopic (exact) mass is 797 g/mol. The molecule has 1 aliphatic rings. The van der Waals surface area contributed by atoms with E-state index in [4.69, 9.17) is 4.74 Å². The highest BCUT2D eigenvalue weighted by Gasteiger charge is 2.26. The number of aromatic nitrogens is 5. The van der Waals surface area contributed by atoms with Crippen LogP contribution in [0.2, 0.25) is 0 Å². The van der Waals surface area contributed by atoms with Gasteiger partial charge in [0, 0.05) is 62.8 Å². The molecule has 3 aromatic heterocycles. The highest BCUT2D eigenvalue weighted by molar-refractivity contribution is 7.92. The van der Waals surface area contributed by atoms with E-state index in [0.29, 0.717) is 53.4 Å². The lowest BCUT2D eigenvalue weighted by atomic mass is 9.99. The number of fused-ring (bicyclic) bond motifs is 1. The van der Waals surface area contributed by atoms with Gasteiger partial charge in [-0.05, 0) is 60.4 Å². The molecule has 1 saturated heterocycles. The average molecular weight is 798 g/mol. The zero-order chi connectivity index (χ0) is 40.4. The average Bonchev–Trinajstić information content (AvgIpc) is 3.22. The number of amides is 1. The molecule has 7 rings (SSSR count). The number of carbonyl (C=O) groups excluding carboxylic acids is 1. The molecule has 1 amide bonds. The number of carboxylic acids is 1. The number of anilines is 1. The molecule has 15 nitrogen and oxygen atoms in total. The van der Waals surface area contributed by atoms with Crippen molar-refractivity contribution >= 4 is 38.5 Å². The first-order valence-electron chi connectivity index (χ1n) is 17.5. The Kier molecular flexibility index (Phi) is 10.7. The van der Waals surface area contributed by atoms with Crippen molar-refractivity contribution in [1.82, 2.24) is 29.4 Å². The Balaban J connectivity index is 1.02. The second-order valence-electron chi connectivity index (χ2n) is 13.3. The van der Waals surface area contributed by atoms with E-state index in [0.717, 1.165) is 17.4 Å². The number of nitrogens with zero attached hydrogens (tertiary/aromatic N) is 5. The Morgan fingerprint density at radius 2 is 1.61 bits per heavy atom. The van der Waals surface area contributed by atoms with Crippen LogP contribution in [0.15, 0.2) is 106 Å². The van der Waals surface area contributed by atoms with Crippen LogP contribution in [-0.2, 0) is 33.0 Å². The third-order valence-electron chi connectivity index (χ3n) is 9.61. The summed E-state index contributed by atoms with van der Waals surface area (Å²) in [5.41, 5.74) is -0.688. The first kappa shape index (κ1) is 38.6. The van der Waals surface area contributed by atoms with E-state index in [1.165, 1.54) is 78.6 Å². The number of carboxylic acid groups (broad SMARTS) is 1. The van der Waals surface area contributed by atoms with Crippen molar-refractivity contribution in [2.45, 2.75) is 36.1 Å². The number of nitrogens with one attached hydrogen (secondary N) is 2. The lowest BCUT2D eigenvalue weighted by molar-refractivity contribution is -0.139. The highest BCUT2D eigenvalue weighted by atomic mass is 32.2. The van der Waals surface area contributed by atoms with Crippen LogP contribution >= 0.6 is 0 Å². The number of ether oxygens (including phenoxy) is 1. The van der Waals surface area contributed by atoms with Crippen molar-refractivity contribution in [2.24, 2.45) is 7.05 Å². The molecule has 3 aromatic carbocycles. The molecule has 1 atom stereocenters. The zero-order valence-electron chi connectivity index (χ0n) is 30.1. The molecule has 292 valence electrons. The molecule has 0 unspecified atom stereocenters. The molecule has 1 fully saturated rings. The number of carbonyl (C=O) groups is 2. The minimum Gasteiger partial charge on any atom is -0.480 e. The summed E-state index contributed by atoms with van der Waals surface area (Å²) in [7, 11) is -2.94. The van der Waals surface area contributed by atoms with Crippen LogP contribution in [0.25, 0.3) is 27.7 Å². The van der Waals surface area contributed by atoms with Crippen LogP contribution in [0.3, 0.4) is 0 Å². The summed E-state index contributed by atoms with van der Waals surface area (Å²) in [4.78, 5) is 63.9. The number of sulfonamides is 1. The van der Waals surface area contributed by atoms with Gasteiger partial charge in [-0.3, -0.25) is 23.9 Å². The van der Waals surface area contributed by atoms with Gasteiger partial charge in [0.25, 0.3) is 21.5 Å². The van der Waals surface area contributed by atoms with Gasteiger partial charge >= 0.3 is 11.7 Å². The van der Waals surface area contributed by atoms with Crippen molar-refractivity contribution < 1.29 is 36.6 Å². The van der Waals surface area contributed by atoms with E-state index >= 15 is 8.78 Å². The predicted molar refractivity (Wildman–Crippen MR) is 203 cm³/mol. The van der Waals surface area contributed by atoms with Crippen LogP contribution in [0, 0.1) is 11.6 Å². The summed E-state index contributed by atoms with van der Waals surface area (Å²) in [6, 6.07) is 12.2. The van der Waals surface area contributed by atoms with Crippen molar-refractivity contribution in [3.8, 4) is 16.8 Å². The second-order valence-corrected chi connectivity index (χ2v) is 15.0. The van der Waals surface area contributed by atoms with Crippen LogP contribution in [0.4, 0.5) is 14.5 Å². The molecule has 1 aliphatic heterocycles. The fraction of sp³-hybridized carbons (Fsp3) is 0.205. The van der Waals surface area contributed by atoms with Crippen molar-refractivity contribution in [3.05, 3.63) is 141 Å². The van der Waals surface area contributed by atoms with Crippen LogP contribution in [0.5, 0.6) is 0 Å².